The first-order valence-corrected chi connectivity index (χ1v) is 7.75. The van der Waals surface area contributed by atoms with Crippen LogP contribution < -0.4 is 5.32 Å². The molecule has 0 spiro atoms. The lowest BCUT2D eigenvalue weighted by molar-refractivity contribution is 0.627. The molecule has 0 aliphatic rings. The molecule has 0 amide bonds. The van der Waals surface area contributed by atoms with Gasteiger partial charge in [-0.25, -0.2) is 0 Å². The molecule has 0 aliphatic carbocycles. The summed E-state index contributed by atoms with van der Waals surface area (Å²) < 4.78 is 0. The summed E-state index contributed by atoms with van der Waals surface area (Å²) in [6.45, 7) is 7.52. The zero-order valence-electron chi connectivity index (χ0n) is 11.4. The van der Waals surface area contributed by atoms with Gasteiger partial charge in [-0.3, -0.25) is 0 Å². The van der Waals surface area contributed by atoms with E-state index in [1.165, 1.54) is 5.57 Å². The van der Waals surface area contributed by atoms with E-state index in [2.05, 4.69) is 38.2 Å². The fourth-order valence-electron chi connectivity index (χ4n) is 1.64. The van der Waals surface area contributed by atoms with Crippen LogP contribution in [-0.2, 0) is 0 Å². The molecule has 1 rings (SSSR count). The standard InChI is InChI=1S/C15H22ClNS/c1-4-9-17-13(10-12(2)3)11-18-15-8-6-5-7-14(15)16/h5-8,10,13,17H,4,9,11H2,1-3H3. The van der Waals surface area contributed by atoms with Gasteiger partial charge in [-0.2, -0.15) is 0 Å². The summed E-state index contributed by atoms with van der Waals surface area (Å²) in [4.78, 5) is 1.16. The fraction of sp³-hybridized carbons (Fsp3) is 0.467. The second-order valence-corrected chi connectivity index (χ2v) is 6.02. The fourth-order valence-corrected chi connectivity index (χ4v) is 2.89. The molecule has 1 N–H and O–H groups in total. The molecule has 0 radical (unpaired) electrons. The second-order valence-electron chi connectivity index (χ2n) is 4.55. The smallest absolute Gasteiger partial charge is 0.0541 e. The van der Waals surface area contributed by atoms with Crippen LogP contribution in [0.15, 0.2) is 40.8 Å². The van der Waals surface area contributed by atoms with Crippen LogP contribution in [0.5, 0.6) is 0 Å². The van der Waals surface area contributed by atoms with Crippen LogP contribution in [0.2, 0.25) is 5.02 Å². The van der Waals surface area contributed by atoms with Crippen molar-refractivity contribution in [1.29, 1.82) is 0 Å². The normalized spacial score (nSPS) is 12.2. The quantitative estimate of drug-likeness (QED) is 0.572. The zero-order valence-corrected chi connectivity index (χ0v) is 12.9. The van der Waals surface area contributed by atoms with E-state index < -0.39 is 0 Å². The lowest BCUT2D eigenvalue weighted by Crippen LogP contribution is -2.30. The molecule has 1 aromatic carbocycles. The Bertz CT molecular complexity index is 386. The van der Waals surface area contributed by atoms with Gasteiger partial charge < -0.3 is 5.32 Å². The number of hydrogen-bond donors (Lipinski definition) is 1. The van der Waals surface area contributed by atoms with E-state index in [-0.39, 0.29) is 0 Å². The van der Waals surface area contributed by atoms with Gasteiger partial charge >= 0.3 is 0 Å². The Morgan fingerprint density at radius 1 is 1.39 bits per heavy atom. The second kappa shape index (κ2) is 8.63. The van der Waals surface area contributed by atoms with Gasteiger partial charge in [0.2, 0.25) is 0 Å². The highest BCUT2D eigenvalue weighted by molar-refractivity contribution is 7.99. The maximum atomic E-state index is 6.16. The van der Waals surface area contributed by atoms with Crippen LogP contribution in [0.1, 0.15) is 27.2 Å². The van der Waals surface area contributed by atoms with Crippen LogP contribution in [0.25, 0.3) is 0 Å². The highest BCUT2D eigenvalue weighted by Gasteiger charge is 2.07. The highest BCUT2D eigenvalue weighted by atomic mass is 35.5. The number of hydrogen-bond acceptors (Lipinski definition) is 2. The Kier molecular flexibility index (Phi) is 7.48. The van der Waals surface area contributed by atoms with E-state index in [1.54, 1.807) is 0 Å². The topological polar surface area (TPSA) is 12.0 Å². The molecule has 100 valence electrons. The summed E-state index contributed by atoms with van der Waals surface area (Å²) in [6, 6.07) is 8.43. The first-order valence-electron chi connectivity index (χ1n) is 6.39. The van der Waals surface area contributed by atoms with Crippen molar-refractivity contribution in [2.24, 2.45) is 0 Å². The number of rotatable bonds is 7. The van der Waals surface area contributed by atoms with Crippen LogP contribution in [-0.4, -0.2) is 18.3 Å². The van der Waals surface area contributed by atoms with Gasteiger partial charge in [-0.1, -0.05) is 42.3 Å². The summed E-state index contributed by atoms with van der Waals surface area (Å²) in [5, 5.41) is 4.39. The summed E-state index contributed by atoms with van der Waals surface area (Å²) in [6.07, 6.45) is 3.45. The predicted octanol–water partition coefficient (Wildman–Crippen LogP) is 4.77. The number of thioether (sulfide) groups is 1. The highest BCUT2D eigenvalue weighted by Crippen LogP contribution is 2.27. The Labute approximate surface area is 120 Å². The Balaban J connectivity index is 2.56. The van der Waals surface area contributed by atoms with Gasteiger partial charge in [0.15, 0.2) is 0 Å². The van der Waals surface area contributed by atoms with Crippen molar-refractivity contribution in [1.82, 2.24) is 5.32 Å². The average molecular weight is 284 g/mol. The molecule has 0 bridgehead atoms. The van der Waals surface area contributed by atoms with Crippen molar-refractivity contribution < 1.29 is 0 Å². The maximum absolute atomic E-state index is 6.16. The summed E-state index contributed by atoms with van der Waals surface area (Å²) >= 11 is 7.97. The molecule has 1 nitrogen and oxygen atoms in total. The van der Waals surface area contributed by atoms with E-state index in [9.17, 15) is 0 Å². The van der Waals surface area contributed by atoms with Gasteiger partial charge in [-0.05, 0) is 38.9 Å². The number of nitrogens with one attached hydrogen (secondary N) is 1. The van der Waals surface area contributed by atoms with E-state index in [0.29, 0.717) is 6.04 Å². The third-order valence-electron chi connectivity index (χ3n) is 2.45. The first-order chi connectivity index (χ1) is 8.63. The Morgan fingerprint density at radius 3 is 2.72 bits per heavy atom. The van der Waals surface area contributed by atoms with Crippen molar-refractivity contribution in [3.8, 4) is 0 Å². The number of allylic oxidation sites excluding steroid dienone is 1. The molecule has 18 heavy (non-hydrogen) atoms. The van der Waals surface area contributed by atoms with E-state index in [4.69, 9.17) is 11.6 Å². The van der Waals surface area contributed by atoms with Crippen molar-refractivity contribution >= 4 is 23.4 Å². The van der Waals surface area contributed by atoms with Crippen molar-refractivity contribution in [3.05, 3.63) is 40.9 Å². The van der Waals surface area contributed by atoms with Crippen molar-refractivity contribution in [3.63, 3.8) is 0 Å². The van der Waals surface area contributed by atoms with Gasteiger partial charge in [0.05, 0.1) is 5.02 Å². The van der Waals surface area contributed by atoms with Crippen molar-refractivity contribution in [2.75, 3.05) is 12.3 Å². The molecular weight excluding hydrogens is 262 g/mol. The molecular formula is C15H22ClNS. The number of benzene rings is 1. The summed E-state index contributed by atoms with van der Waals surface area (Å²) in [5.74, 6) is 1.01. The average Bonchev–Trinajstić information content (AvgIpc) is 2.34. The molecule has 0 saturated carbocycles. The van der Waals surface area contributed by atoms with Gasteiger partial charge in [-0.15, -0.1) is 11.8 Å². The predicted molar refractivity (Wildman–Crippen MR) is 83.7 cm³/mol. The molecule has 0 fully saturated rings. The number of halogens is 1. The third kappa shape index (κ3) is 5.94. The van der Waals surface area contributed by atoms with Gasteiger partial charge in [0, 0.05) is 16.7 Å². The SMILES string of the molecule is CCCNC(C=C(C)C)CSc1ccccc1Cl. The molecule has 0 heterocycles. The molecule has 0 aliphatic heterocycles. The minimum Gasteiger partial charge on any atom is -0.310 e. The van der Waals surface area contributed by atoms with Crippen LogP contribution >= 0.6 is 23.4 Å². The van der Waals surface area contributed by atoms with Crippen LogP contribution in [0.4, 0.5) is 0 Å². The van der Waals surface area contributed by atoms with E-state index in [1.807, 2.05) is 30.0 Å². The third-order valence-corrected chi connectivity index (χ3v) is 4.08. The monoisotopic (exact) mass is 283 g/mol. The lowest BCUT2D eigenvalue weighted by atomic mass is 10.2. The molecule has 1 unspecified atom stereocenters. The molecule has 0 saturated heterocycles. The van der Waals surface area contributed by atoms with E-state index in [0.717, 1.165) is 28.6 Å². The van der Waals surface area contributed by atoms with E-state index >= 15 is 0 Å². The minimum absolute atomic E-state index is 0.413. The molecule has 1 aromatic rings. The van der Waals surface area contributed by atoms with Gasteiger partial charge in [0.1, 0.15) is 0 Å². The largest absolute Gasteiger partial charge is 0.310 e. The Hall–Kier alpha value is -0.440. The maximum Gasteiger partial charge on any atom is 0.0541 e. The molecule has 0 aromatic heterocycles. The first kappa shape index (κ1) is 15.6. The molecule has 3 heteroatoms. The van der Waals surface area contributed by atoms with Crippen LogP contribution in [0.3, 0.4) is 0 Å². The summed E-state index contributed by atoms with van der Waals surface area (Å²) in [5.41, 5.74) is 1.35. The lowest BCUT2D eigenvalue weighted by Gasteiger charge is -2.15. The van der Waals surface area contributed by atoms with Gasteiger partial charge in [0.25, 0.3) is 0 Å². The minimum atomic E-state index is 0.413. The summed E-state index contributed by atoms with van der Waals surface area (Å²) in [7, 11) is 0. The molecule has 1 atom stereocenters. The van der Waals surface area contributed by atoms with Crippen LogP contribution in [0, 0.1) is 0 Å². The Morgan fingerprint density at radius 2 is 2.11 bits per heavy atom. The zero-order chi connectivity index (χ0) is 13.4. The van der Waals surface area contributed by atoms with Crippen molar-refractivity contribution in [2.45, 2.75) is 38.1 Å².